The van der Waals surface area contributed by atoms with Crippen LogP contribution in [0.25, 0.3) is 0 Å². The van der Waals surface area contributed by atoms with Gasteiger partial charge in [0.05, 0.1) is 6.61 Å². The van der Waals surface area contributed by atoms with Crippen LogP contribution >= 0.6 is 0 Å². The van der Waals surface area contributed by atoms with E-state index in [-0.39, 0.29) is 0 Å². The van der Waals surface area contributed by atoms with E-state index in [1.807, 2.05) is 0 Å². The molecule has 0 radical (unpaired) electrons. The summed E-state index contributed by atoms with van der Waals surface area (Å²) in [5.74, 6) is 0. The van der Waals surface area contributed by atoms with E-state index in [1.165, 1.54) is 38.9 Å². The topological polar surface area (TPSA) is 33.7 Å². The molecule has 1 fully saturated rings. The largest absolute Gasteiger partial charge is 0.385 e. The third-order valence-corrected chi connectivity index (χ3v) is 3.50. The van der Waals surface area contributed by atoms with Crippen LogP contribution in [0.4, 0.5) is 0 Å². The Kier molecular flexibility index (Phi) is 9.48. The molecule has 0 atom stereocenters. The Bertz CT molecular complexity index is 185. The van der Waals surface area contributed by atoms with Crippen molar-refractivity contribution < 1.29 is 9.47 Å². The Morgan fingerprint density at radius 2 is 1.89 bits per heavy atom. The number of piperidine rings is 1. The molecule has 108 valence electrons. The lowest BCUT2D eigenvalue weighted by molar-refractivity contribution is 0.0660. The molecule has 0 aromatic carbocycles. The van der Waals surface area contributed by atoms with Crippen molar-refractivity contribution in [1.29, 1.82) is 0 Å². The summed E-state index contributed by atoms with van der Waals surface area (Å²) < 4.78 is 10.7. The van der Waals surface area contributed by atoms with E-state index in [1.54, 1.807) is 7.11 Å². The summed E-state index contributed by atoms with van der Waals surface area (Å²) in [6.45, 7) is 9.34. The summed E-state index contributed by atoms with van der Waals surface area (Å²) in [7, 11) is 1.74. The molecule has 4 heteroatoms. The third kappa shape index (κ3) is 6.69. The van der Waals surface area contributed by atoms with Gasteiger partial charge in [-0.15, -0.1) is 0 Å². The van der Waals surface area contributed by atoms with Crippen LogP contribution in [-0.2, 0) is 9.47 Å². The van der Waals surface area contributed by atoms with Crippen molar-refractivity contribution in [2.45, 2.75) is 38.6 Å². The van der Waals surface area contributed by atoms with Crippen molar-refractivity contribution in [2.24, 2.45) is 0 Å². The maximum absolute atomic E-state index is 5.67. The predicted molar refractivity (Wildman–Crippen MR) is 75.1 cm³/mol. The molecule has 1 saturated heterocycles. The fourth-order valence-electron chi connectivity index (χ4n) is 2.53. The molecule has 1 aliphatic heterocycles. The summed E-state index contributed by atoms with van der Waals surface area (Å²) in [4.78, 5) is 2.61. The van der Waals surface area contributed by atoms with Gasteiger partial charge >= 0.3 is 0 Å². The van der Waals surface area contributed by atoms with Crippen LogP contribution in [0.3, 0.4) is 0 Å². The van der Waals surface area contributed by atoms with E-state index in [0.29, 0.717) is 0 Å². The molecule has 18 heavy (non-hydrogen) atoms. The fraction of sp³-hybridized carbons (Fsp3) is 1.00. The van der Waals surface area contributed by atoms with Crippen LogP contribution in [0.1, 0.15) is 32.6 Å². The van der Waals surface area contributed by atoms with Gasteiger partial charge in [-0.3, -0.25) is 4.90 Å². The molecule has 0 bridgehead atoms. The molecule has 0 aromatic rings. The van der Waals surface area contributed by atoms with Crippen molar-refractivity contribution >= 4 is 0 Å². The Balaban J connectivity index is 2.12. The van der Waals surface area contributed by atoms with Crippen molar-refractivity contribution in [1.82, 2.24) is 10.2 Å². The summed E-state index contributed by atoms with van der Waals surface area (Å²) in [5.41, 5.74) is 0. The quantitative estimate of drug-likeness (QED) is 0.602. The van der Waals surface area contributed by atoms with Gasteiger partial charge in [-0.25, -0.2) is 0 Å². The van der Waals surface area contributed by atoms with Crippen LogP contribution in [0.15, 0.2) is 0 Å². The highest BCUT2D eigenvalue weighted by Gasteiger charge is 2.19. The smallest absolute Gasteiger partial charge is 0.0593 e. The van der Waals surface area contributed by atoms with Gasteiger partial charge < -0.3 is 14.8 Å². The molecule has 0 amide bonds. The third-order valence-electron chi connectivity index (χ3n) is 3.50. The van der Waals surface area contributed by atoms with E-state index in [2.05, 4.69) is 17.1 Å². The van der Waals surface area contributed by atoms with Crippen molar-refractivity contribution in [3.63, 3.8) is 0 Å². The van der Waals surface area contributed by atoms with E-state index in [4.69, 9.17) is 9.47 Å². The molecule has 0 spiro atoms. The van der Waals surface area contributed by atoms with Crippen molar-refractivity contribution in [3.05, 3.63) is 0 Å². The first-order valence-corrected chi connectivity index (χ1v) is 7.40. The Labute approximate surface area is 112 Å². The van der Waals surface area contributed by atoms with Gasteiger partial charge in [0.25, 0.3) is 0 Å². The number of ether oxygens (including phenoxy) is 2. The fourth-order valence-corrected chi connectivity index (χ4v) is 2.53. The van der Waals surface area contributed by atoms with E-state index in [0.717, 1.165) is 38.8 Å². The second-order valence-electron chi connectivity index (χ2n) is 4.98. The zero-order valence-electron chi connectivity index (χ0n) is 12.1. The number of nitrogens with one attached hydrogen (secondary N) is 1. The molecular weight excluding hydrogens is 228 g/mol. The highest BCUT2D eigenvalue weighted by molar-refractivity contribution is 4.77. The summed E-state index contributed by atoms with van der Waals surface area (Å²) in [5, 5.41) is 3.43. The molecule has 1 rings (SSSR count). The zero-order chi connectivity index (χ0) is 13.1. The molecular formula is C14H30N2O2. The normalized spacial score (nSPS) is 17.5. The molecule has 1 heterocycles. The van der Waals surface area contributed by atoms with Crippen LogP contribution in [0.5, 0.6) is 0 Å². The highest BCUT2D eigenvalue weighted by Crippen LogP contribution is 2.12. The Morgan fingerprint density at radius 3 is 2.56 bits per heavy atom. The number of hydrogen-bond acceptors (Lipinski definition) is 4. The van der Waals surface area contributed by atoms with Crippen molar-refractivity contribution in [3.8, 4) is 0 Å². The lowest BCUT2D eigenvalue weighted by atomic mass is 10.0. The first kappa shape index (κ1) is 15.9. The molecule has 1 aliphatic rings. The lowest BCUT2D eigenvalue weighted by Crippen LogP contribution is -2.44. The lowest BCUT2D eigenvalue weighted by Gasteiger charge is -2.34. The van der Waals surface area contributed by atoms with E-state index >= 15 is 0 Å². The van der Waals surface area contributed by atoms with Gasteiger partial charge in [-0.2, -0.15) is 0 Å². The van der Waals surface area contributed by atoms with Crippen molar-refractivity contribution in [2.75, 3.05) is 53.1 Å². The zero-order valence-corrected chi connectivity index (χ0v) is 12.1. The average molecular weight is 258 g/mol. The van der Waals surface area contributed by atoms with Gasteiger partial charge in [0.1, 0.15) is 0 Å². The van der Waals surface area contributed by atoms with Gasteiger partial charge in [-0.05, 0) is 45.3 Å². The maximum atomic E-state index is 5.67. The van der Waals surface area contributed by atoms with Gasteiger partial charge in [0.15, 0.2) is 0 Å². The Hall–Kier alpha value is -0.160. The predicted octanol–water partition coefficient (Wildman–Crippen LogP) is 1.50. The van der Waals surface area contributed by atoms with Crippen LogP contribution in [0.2, 0.25) is 0 Å². The average Bonchev–Trinajstić information content (AvgIpc) is 2.42. The minimum atomic E-state index is 0.758. The van der Waals surface area contributed by atoms with Gasteiger partial charge in [0, 0.05) is 32.9 Å². The Morgan fingerprint density at radius 1 is 1.11 bits per heavy atom. The van der Waals surface area contributed by atoms with Crippen LogP contribution < -0.4 is 5.32 Å². The minimum Gasteiger partial charge on any atom is -0.385 e. The molecule has 1 N–H and O–H groups in total. The van der Waals surface area contributed by atoms with E-state index in [9.17, 15) is 0 Å². The number of nitrogens with zero attached hydrogens (tertiary/aromatic N) is 1. The van der Waals surface area contributed by atoms with Gasteiger partial charge in [0.2, 0.25) is 0 Å². The van der Waals surface area contributed by atoms with E-state index < -0.39 is 0 Å². The van der Waals surface area contributed by atoms with Crippen LogP contribution in [-0.4, -0.2) is 64.1 Å². The molecule has 0 unspecified atom stereocenters. The van der Waals surface area contributed by atoms with Crippen LogP contribution in [0, 0.1) is 0 Å². The first-order valence-electron chi connectivity index (χ1n) is 7.40. The molecule has 0 aliphatic carbocycles. The summed E-state index contributed by atoms with van der Waals surface area (Å²) in [6, 6.07) is 0.758. The molecule has 0 aromatic heterocycles. The summed E-state index contributed by atoms with van der Waals surface area (Å²) >= 11 is 0. The molecule has 4 nitrogen and oxygen atoms in total. The monoisotopic (exact) mass is 258 g/mol. The number of hydrogen-bond donors (Lipinski definition) is 1. The maximum Gasteiger partial charge on any atom is 0.0593 e. The second-order valence-corrected chi connectivity index (χ2v) is 4.98. The number of methoxy groups -OCH3 is 1. The first-order chi connectivity index (χ1) is 8.88. The number of rotatable bonds is 10. The second kappa shape index (κ2) is 10.7. The summed E-state index contributed by atoms with van der Waals surface area (Å²) in [6.07, 6.45) is 4.79. The highest BCUT2D eigenvalue weighted by atomic mass is 16.5. The SMILES string of the molecule is CCCN(CCOCCCOC)C1CCNCC1. The molecule has 0 saturated carbocycles. The standard InChI is InChI=1S/C14H30N2O2/c1-3-9-16(14-5-7-15-8-6-14)10-13-18-12-4-11-17-2/h14-15H,3-13H2,1-2H3. The van der Waals surface area contributed by atoms with Gasteiger partial charge in [-0.1, -0.05) is 6.92 Å². The minimum absolute atomic E-state index is 0.758.